The molecule has 0 atom stereocenters. The summed E-state index contributed by atoms with van der Waals surface area (Å²) in [7, 11) is 0. The molecule has 0 aliphatic carbocycles. The number of fused-ring (bicyclic) bond motifs is 2. The second-order valence-corrected chi connectivity index (χ2v) is 5.68. The standard InChI is InChI=1S/C15H12N2O2S/c1-8-6-20-14-9(2)16-15(17-13(8)14)10-3-4-11-12(5-10)19-7-18-11/h3-6H,7H2,1-2H3. The molecule has 0 spiro atoms. The van der Waals surface area contributed by atoms with Gasteiger partial charge in [0.25, 0.3) is 0 Å². The van der Waals surface area contributed by atoms with Crippen LogP contribution in [0.3, 0.4) is 0 Å². The Balaban J connectivity index is 1.91. The van der Waals surface area contributed by atoms with Crippen LogP contribution in [0.2, 0.25) is 0 Å². The number of aryl methyl sites for hydroxylation is 2. The largest absolute Gasteiger partial charge is 0.454 e. The molecule has 0 bridgehead atoms. The summed E-state index contributed by atoms with van der Waals surface area (Å²) in [6.45, 7) is 4.38. The Morgan fingerprint density at radius 2 is 1.95 bits per heavy atom. The van der Waals surface area contributed by atoms with Gasteiger partial charge < -0.3 is 9.47 Å². The van der Waals surface area contributed by atoms with E-state index in [1.165, 1.54) is 5.56 Å². The van der Waals surface area contributed by atoms with Gasteiger partial charge in [0.15, 0.2) is 17.3 Å². The molecule has 4 nitrogen and oxygen atoms in total. The third kappa shape index (κ3) is 1.67. The van der Waals surface area contributed by atoms with Crippen LogP contribution in [0.15, 0.2) is 23.6 Å². The number of thiophene rings is 1. The second-order valence-electron chi connectivity index (χ2n) is 4.80. The van der Waals surface area contributed by atoms with E-state index in [4.69, 9.17) is 14.5 Å². The molecule has 0 fully saturated rings. The van der Waals surface area contributed by atoms with Crippen LogP contribution < -0.4 is 9.47 Å². The highest BCUT2D eigenvalue weighted by atomic mass is 32.1. The molecule has 100 valence electrons. The van der Waals surface area contributed by atoms with E-state index in [1.807, 2.05) is 25.1 Å². The predicted octanol–water partition coefficient (Wildman–Crippen LogP) is 3.70. The van der Waals surface area contributed by atoms with Gasteiger partial charge in [-0.25, -0.2) is 9.97 Å². The minimum atomic E-state index is 0.279. The van der Waals surface area contributed by atoms with Crippen molar-refractivity contribution < 1.29 is 9.47 Å². The Bertz CT molecular complexity index is 826. The summed E-state index contributed by atoms with van der Waals surface area (Å²) in [6, 6.07) is 5.81. The van der Waals surface area contributed by atoms with Crippen LogP contribution in [-0.2, 0) is 0 Å². The van der Waals surface area contributed by atoms with Gasteiger partial charge in [-0.15, -0.1) is 11.3 Å². The van der Waals surface area contributed by atoms with Crippen molar-refractivity contribution in [2.24, 2.45) is 0 Å². The molecule has 0 amide bonds. The van der Waals surface area contributed by atoms with Crippen molar-refractivity contribution >= 4 is 21.6 Å². The van der Waals surface area contributed by atoms with Gasteiger partial charge >= 0.3 is 0 Å². The van der Waals surface area contributed by atoms with Crippen molar-refractivity contribution in [3.8, 4) is 22.9 Å². The Morgan fingerprint density at radius 3 is 2.85 bits per heavy atom. The van der Waals surface area contributed by atoms with E-state index in [9.17, 15) is 0 Å². The maximum atomic E-state index is 5.41. The van der Waals surface area contributed by atoms with Gasteiger partial charge in [-0.2, -0.15) is 0 Å². The Labute approximate surface area is 120 Å². The van der Waals surface area contributed by atoms with Crippen LogP contribution in [0, 0.1) is 13.8 Å². The number of nitrogens with zero attached hydrogens (tertiary/aromatic N) is 2. The molecule has 4 rings (SSSR count). The lowest BCUT2D eigenvalue weighted by Gasteiger charge is -2.04. The van der Waals surface area contributed by atoms with E-state index in [2.05, 4.69) is 17.3 Å². The van der Waals surface area contributed by atoms with Crippen LogP contribution in [0.4, 0.5) is 0 Å². The van der Waals surface area contributed by atoms with Gasteiger partial charge in [0, 0.05) is 5.56 Å². The second kappa shape index (κ2) is 4.18. The smallest absolute Gasteiger partial charge is 0.231 e. The molecular weight excluding hydrogens is 272 g/mol. The van der Waals surface area contributed by atoms with Crippen LogP contribution in [0.1, 0.15) is 11.3 Å². The fraction of sp³-hybridized carbons (Fsp3) is 0.200. The van der Waals surface area contributed by atoms with Crippen molar-refractivity contribution in [1.82, 2.24) is 9.97 Å². The zero-order valence-electron chi connectivity index (χ0n) is 11.1. The van der Waals surface area contributed by atoms with Gasteiger partial charge in [0.05, 0.1) is 15.9 Å². The predicted molar refractivity (Wildman–Crippen MR) is 78.4 cm³/mol. The third-order valence-corrected chi connectivity index (χ3v) is 4.59. The quantitative estimate of drug-likeness (QED) is 0.683. The normalized spacial score (nSPS) is 13.1. The average molecular weight is 284 g/mol. The number of ether oxygens (including phenoxy) is 2. The lowest BCUT2D eigenvalue weighted by molar-refractivity contribution is 0.174. The highest BCUT2D eigenvalue weighted by molar-refractivity contribution is 7.17. The minimum Gasteiger partial charge on any atom is -0.454 e. The zero-order chi connectivity index (χ0) is 13.7. The van der Waals surface area contributed by atoms with Crippen LogP contribution >= 0.6 is 11.3 Å². The van der Waals surface area contributed by atoms with Gasteiger partial charge in [-0.3, -0.25) is 0 Å². The first-order valence-corrected chi connectivity index (χ1v) is 7.23. The van der Waals surface area contributed by atoms with Crippen molar-refractivity contribution in [3.63, 3.8) is 0 Å². The van der Waals surface area contributed by atoms with Crippen molar-refractivity contribution in [3.05, 3.63) is 34.8 Å². The molecule has 1 aliphatic heterocycles. The molecule has 0 saturated heterocycles. The van der Waals surface area contributed by atoms with E-state index in [-0.39, 0.29) is 6.79 Å². The molecule has 0 saturated carbocycles. The van der Waals surface area contributed by atoms with Crippen LogP contribution in [0.5, 0.6) is 11.5 Å². The SMILES string of the molecule is Cc1csc2c(C)nc(-c3ccc4c(c3)OCO4)nc12. The highest BCUT2D eigenvalue weighted by Gasteiger charge is 2.16. The first-order chi connectivity index (χ1) is 9.72. The Morgan fingerprint density at radius 1 is 1.10 bits per heavy atom. The van der Waals surface area contributed by atoms with Gasteiger partial charge in [0.2, 0.25) is 6.79 Å². The van der Waals surface area contributed by atoms with Gasteiger partial charge in [0.1, 0.15) is 0 Å². The molecule has 1 aromatic carbocycles. The van der Waals surface area contributed by atoms with Gasteiger partial charge in [-0.05, 0) is 43.0 Å². The first-order valence-electron chi connectivity index (χ1n) is 6.35. The van der Waals surface area contributed by atoms with E-state index >= 15 is 0 Å². The fourth-order valence-electron chi connectivity index (χ4n) is 2.34. The highest BCUT2D eigenvalue weighted by Crippen LogP contribution is 2.36. The Kier molecular flexibility index (Phi) is 2.44. The monoisotopic (exact) mass is 284 g/mol. The molecule has 0 N–H and O–H groups in total. The number of benzene rings is 1. The molecule has 3 aromatic rings. The lowest BCUT2D eigenvalue weighted by atomic mass is 10.1. The van der Waals surface area contributed by atoms with Crippen molar-refractivity contribution in [1.29, 1.82) is 0 Å². The van der Waals surface area contributed by atoms with E-state index in [1.54, 1.807) is 11.3 Å². The molecule has 20 heavy (non-hydrogen) atoms. The zero-order valence-corrected chi connectivity index (χ0v) is 12.0. The number of hydrogen-bond donors (Lipinski definition) is 0. The van der Waals surface area contributed by atoms with Crippen molar-refractivity contribution in [2.75, 3.05) is 6.79 Å². The molecule has 1 aliphatic rings. The number of aromatic nitrogens is 2. The summed E-state index contributed by atoms with van der Waals surface area (Å²) in [4.78, 5) is 9.31. The topological polar surface area (TPSA) is 44.2 Å². The van der Waals surface area contributed by atoms with Crippen LogP contribution in [-0.4, -0.2) is 16.8 Å². The van der Waals surface area contributed by atoms with E-state index in [0.717, 1.165) is 38.8 Å². The summed E-state index contributed by atoms with van der Waals surface area (Å²) in [5.74, 6) is 2.26. The number of hydrogen-bond acceptors (Lipinski definition) is 5. The summed E-state index contributed by atoms with van der Waals surface area (Å²) < 4.78 is 11.9. The molecule has 0 unspecified atom stereocenters. The summed E-state index contributed by atoms with van der Waals surface area (Å²) >= 11 is 1.69. The molecule has 3 heterocycles. The Hall–Kier alpha value is -2.14. The van der Waals surface area contributed by atoms with Crippen molar-refractivity contribution in [2.45, 2.75) is 13.8 Å². The van der Waals surface area contributed by atoms with E-state index < -0.39 is 0 Å². The average Bonchev–Trinajstić information content (AvgIpc) is 3.05. The fourth-order valence-corrected chi connectivity index (χ4v) is 3.28. The van der Waals surface area contributed by atoms with E-state index in [0.29, 0.717) is 0 Å². The maximum absolute atomic E-state index is 5.41. The maximum Gasteiger partial charge on any atom is 0.231 e. The minimum absolute atomic E-state index is 0.279. The summed E-state index contributed by atoms with van der Waals surface area (Å²) in [6.07, 6.45) is 0. The molecular formula is C15H12N2O2S. The van der Waals surface area contributed by atoms with Gasteiger partial charge in [-0.1, -0.05) is 0 Å². The first kappa shape index (κ1) is 11.7. The lowest BCUT2D eigenvalue weighted by Crippen LogP contribution is -1.93. The molecule has 2 aromatic heterocycles. The molecule has 0 radical (unpaired) electrons. The number of rotatable bonds is 1. The third-order valence-electron chi connectivity index (χ3n) is 3.39. The summed E-state index contributed by atoms with van der Waals surface area (Å²) in [5, 5.41) is 2.12. The molecule has 5 heteroatoms. The summed E-state index contributed by atoms with van der Waals surface area (Å²) in [5.41, 5.74) is 4.19. The van der Waals surface area contributed by atoms with Crippen LogP contribution in [0.25, 0.3) is 21.6 Å².